The van der Waals surface area contributed by atoms with Crippen LogP contribution in [0, 0.1) is 0 Å². The minimum Gasteiger partial charge on any atom is -0.507 e. The Labute approximate surface area is 70.4 Å². The molecule has 0 radical (unpaired) electrons. The molecule has 0 bridgehead atoms. The quantitative estimate of drug-likeness (QED) is 0.405. The maximum absolute atomic E-state index is 9.29. The Balaban J connectivity index is 2.93. The number of phenols is 1. The van der Waals surface area contributed by atoms with Crippen LogP contribution in [0.1, 0.15) is 6.92 Å². The van der Waals surface area contributed by atoms with Gasteiger partial charge < -0.3 is 10.8 Å². The summed E-state index contributed by atoms with van der Waals surface area (Å²) in [5.74, 6) is 1.25. The highest BCUT2D eigenvalue weighted by molar-refractivity contribution is 7.99. The van der Waals surface area contributed by atoms with Gasteiger partial charge in [-0.3, -0.25) is 0 Å². The number of hydrogen-bond acceptors (Lipinski definition) is 3. The zero-order valence-corrected chi connectivity index (χ0v) is 7.19. The Morgan fingerprint density at radius 2 is 2.27 bits per heavy atom. The molecular formula is C8H11NOS. The maximum Gasteiger partial charge on any atom is 0.129 e. The lowest BCUT2D eigenvalue weighted by Crippen LogP contribution is -1.84. The zero-order chi connectivity index (χ0) is 8.27. The van der Waals surface area contributed by atoms with Gasteiger partial charge in [-0.15, -0.1) is 11.8 Å². The van der Waals surface area contributed by atoms with Crippen LogP contribution in [0.25, 0.3) is 0 Å². The Bertz CT molecular complexity index is 250. The predicted octanol–water partition coefficient (Wildman–Crippen LogP) is 2.09. The van der Waals surface area contributed by atoms with Crippen LogP contribution in [-0.4, -0.2) is 10.9 Å². The molecule has 0 aliphatic rings. The Morgan fingerprint density at radius 1 is 1.55 bits per heavy atom. The first kappa shape index (κ1) is 8.27. The number of benzene rings is 1. The molecule has 0 spiro atoms. The number of hydrogen-bond donors (Lipinski definition) is 2. The van der Waals surface area contributed by atoms with Crippen LogP contribution in [0.5, 0.6) is 5.75 Å². The van der Waals surface area contributed by atoms with Crippen LogP contribution in [0.2, 0.25) is 0 Å². The number of thioether (sulfide) groups is 1. The highest BCUT2D eigenvalue weighted by Crippen LogP contribution is 2.29. The van der Waals surface area contributed by atoms with E-state index in [1.165, 1.54) is 0 Å². The van der Waals surface area contributed by atoms with Gasteiger partial charge in [-0.2, -0.15) is 0 Å². The van der Waals surface area contributed by atoms with Crippen molar-refractivity contribution in [1.29, 1.82) is 0 Å². The molecule has 0 heterocycles. The molecule has 0 fully saturated rings. The topological polar surface area (TPSA) is 46.2 Å². The molecule has 0 aromatic heterocycles. The molecule has 0 saturated heterocycles. The Kier molecular flexibility index (Phi) is 2.65. The second-order valence-electron chi connectivity index (χ2n) is 2.16. The van der Waals surface area contributed by atoms with Crippen LogP contribution < -0.4 is 5.73 Å². The van der Waals surface area contributed by atoms with Crippen LogP contribution in [0.15, 0.2) is 23.1 Å². The van der Waals surface area contributed by atoms with Crippen LogP contribution in [-0.2, 0) is 0 Å². The molecule has 0 saturated carbocycles. The molecule has 1 aromatic rings. The summed E-state index contributed by atoms with van der Waals surface area (Å²) in [6.07, 6.45) is 0. The van der Waals surface area contributed by atoms with Gasteiger partial charge in [0.2, 0.25) is 0 Å². The minimum absolute atomic E-state index is 0.311. The van der Waals surface area contributed by atoms with Gasteiger partial charge >= 0.3 is 0 Å². The van der Waals surface area contributed by atoms with Crippen LogP contribution >= 0.6 is 11.8 Å². The molecule has 0 aliphatic carbocycles. The minimum atomic E-state index is 0.311. The van der Waals surface area contributed by atoms with E-state index < -0.39 is 0 Å². The fourth-order valence-corrected chi connectivity index (χ4v) is 1.55. The first-order valence-electron chi connectivity index (χ1n) is 3.45. The summed E-state index contributed by atoms with van der Waals surface area (Å²) in [6, 6.07) is 5.09. The molecule has 2 nitrogen and oxygen atoms in total. The van der Waals surface area contributed by atoms with E-state index in [4.69, 9.17) is 5.73 Å². The van der Waals surface area contributed by atoms with Crippen molar-refractivity contribution in [3.8, 4) is 5.75 Å². The lowest BCUT2D eigenvalue weighted by molar-refractivity contribution is 0.462. The van der Waals surface area contributed by atoms with Gasteiger partial charge in [0.15, 0.2) is 0 Å². The smallest absolute Gasteiger partial charge is 0.129 e. The second-order valence-corrected chi connectivity index (χ2v) is 3.47. The summed E-state index contributed by atoms with van der Waals surface area (Å²) >= 11 is 1.59. The van der Waals surface area contributed by atoms with Gasteiger partial charge in [-0.05, 0) is 24.0 Å². The van der Waals surface area contributed by atoms with Crippen LogP contribution in [0.4, 0.5) is 5.69 Å². The highest BCUT2D eigenvalue weighted by atomic mass is 32.2. The predicted molar refractivity (Wildman–Crippen MR) is 48.9 cm³/mol. The van der Waals surface area contributed by atoms with E-state index in [0.717, 1.165) is 10.6 Å². The molecule has 3 heteroatoms. The standard InChI is InChI=1S/C8H11NOS/c1-2-11-8-5-6(9)3-4-7(8)10/h3-5,10H,2,9H2,1H3. The number of nitrogen functional groups attached to an aromatic ring is 1. The molecule has 0 amide bonds. The van der Waals surface area contributed by atoms with Crippen molar-refractivity contribution < 1.29 is 5.11 Å². The zero-order valence-electron chi connectivity index (χ0n) is 6.37. The molecular weight excluding hydrogens is 158 g/mol. The molecule has 0 aliphatic heterocycles. The first-order valence-corrected chi connectivity index (χ1v) is 4.44. The van der Waals surface area contributed by atoms with Crippen molar-refractivity contribution in [3.05, 3.63) is 18.2 Å². The average molecular weight is 169 g/mol. The fraction of sp³-hybridized carbons (Fsp3) is 0.250. The molecule has 11 heavy (non-hydrogen) atoms. The lowest BCUT2D eigenvalue weighted by Gasteiger charge is -2.02. The monoisotopic (exact) mass is 169 g/mol. The lowest BCUT2D eigenvalue weighted by atomic mass is 10.3. The Hall–Kier alpha value is -0.830. The SMILES string of the molecule is CCSc1cc(N)ccc1O. The maximum atomic E-state index is 9.29. The van der Waals surface area contributed by atoms with Crippen molar-refractivity contribution >= 4 is 17.4 Å². The number of anilines is 1. The van der Waals surface area contributed by atoms with E-state index in [2.05, 4.69) is 0 Å². The first-order chi connectivity index (χ1) is 5.24. The van der Waals surface area contributed by atoms with E-state index >= 15 is 0 Å². The van der Waals surface area contributed by atoms with Gasteiger partial charge in [0.25, 0.3) is 0 Å². The van der Waals surface area contributed by atoms with Gasteiger partial charge in [0.1, 0.15) is 5.75 Å². The summed E-state index contributed by atoms with van der Waals surface area (Å²) in [7, 11) is 0. The van der Waals surface area contributed by atoms with E-state index in [9.17, 15) is 5.11 Å². The van der Waals surface area contributed by atoms with Crippen molar-refractivity contribution in [2.45, 2.75) is 11.8 Å². The number of aromatic hydroxyl groups is 1. The number of phenolic OH excluding ortho intramolecular Hbond substituents is 1. The summed E-state index contributed by atoms with van der Waals surface area (Å²) in [6.45, 7) is 2.04. The average Bonchev–Trinajstić information content (AvgIpc) is 1.98. The number of rotatable bonds is 2. The normalized spacial score (nSPS) is 9.91. The van der Waals surface area contributed by atoms with Crippen molar-refractivity contribution in [2.75, 3.05) is 11.5 Å². The van der Waals surface area contributed by atoms with Gasteiger partial charge in [-0.1, -0.05) is 6.92 Å². The molecule has 1 aromatic carbocycles. The second kappa shape index (κ2) is 3.53. The Morgan fingerprint density at radius 3 is 2.91 bits per heavy atom. The van der Waals surface area contributed by atoms with Gasteiger partial charge in [0.05, 0.1) is 4.90 Å². The van der Waals surface area contributed by atoms with E-state index in [1.54, 1.807) is 30.0 Å². The molecule has 0 atom stereocenters. The molecule has 1 rings (SSSR count). The highest BCUT2D eigenvalue weighted by Gasteiger charge is 1.99. The number of nitrogens with two attached hydrogens (primary N) is 1. The third-order valence-electron chi connectivity index (χ3n) is 1.28. The van der Waals surface area contributed by atoms with E-state index in [-0.39, 0.29) is 0 Å². The summed E-state index contributed by atoms with van der Waals surface area (Å²) in [5.41, 5.74) is 6.23. The third-order valence-corrected chi connectivity index (χ3v) is 2.21. The summed E-state index contributed by atoms with van der Waals surface area (Å²) < 4.78 is 0. The van der Waals surface area contributed by atoms with E-state index in [1.807, 2.05) is 6.92 Å². The summed E-state index contributed by atoms with van der Waals surface area (Å²) in [5, 5.41) is 9.29. The van der Waals surface area contributed by atoms with Gasteiger partial charge in [-0.25, -0.2) is 0 Å². The fourth-order valence-electron chi connectivity index (χ4n) is 0.802. The van der Waals surface area contributed by atoms with E-state index in [0.29, 0.717) is 11.4 Å². The molecule has 3 N–H and O–H groups in total. The molecule has 60 valence electrons. The van der Waals surface area contributed by atoms with Crippen molar-refractivity contribution in [2.24, 2.45) is 0 Å². The summed E-state index contributed by atoms with van der Waals surface area (Å²) in [4.78, 5) is 0.854. The van der Waals surface area contributed by atoms with Crippen molar-refractivity contribution in [1.82, 2.24) is 0 Å². The molecule has 0 unspecified atom stereocenters. The van der Waals surface area contributed by atoms with Crippen LogP contribution in [0.3, 0.4) is 0 Å². The third kappa shape index (κ3) is 2.05. The van der Waals surface area contributed by atoms with Crippen molar-refractivity contribution in [3.63, 3.8) is 0 Å². The van der Waals surface area contributed by atoms with Gasteiger partial charge in [0, 0.05) is 5.69 Å². The largest absolute Gasteiger partial charge is 0.507 e.